The van der Waals surface area contributed by atoms with Crippen molar-refractivity contribution in [3.05, 3.63) is 24.0 Å². The lowest BCUT2D eigenvalue weighted by atomic mass is 10.3. The molecule has 1 aromatic rings. The van der Waals surface area contributed by atoms with Gasteiger partial charge in [-0.25, -0.2) is 0 Å². The maximum atomic E-state index is 4.31. The molecule has 4 heteroatoms. The first-order chi connectivity index (χ1) is 6.36. The van der Waals surface area contributed by atoms with Gasteiger partial charge in [-0.05, 0) is 19.1 Å². The molecule has 1 aliphatic rings. The van der Waals surface area contributed by atoms with Crippen molar-refractivity contribution in [1.82, 2.24) is 4.98 Å². The minimum absolute atomic E-state index is 0.923. The number of aromatic nitrogens is 1. The van der Waals surface area contributed by atoms with Crippen molar-refractivity contribution in [1.29, 1.82) is 0 Å². The minimum Gasteiger partial charge on any atom is -0.334 e. The molecule has 0 saturated heterocycles. The number of pyridine rings is 1. The fourth-order valence-corrected chi connectivity index (χ4v) is 1.88. The number of amidine groups is 1. The third-order valence-corrected chi connectivity index (χ3v) is 2.73. The van der Waals surface area contributed by atoms with E-state index < -0.39 is 0 Å². The summed E-state index contributed by atoms with van der Waals surface area (Å²) in [6.45, 7) is 2.91. The fraction of sp³-hybridized carbons (Fsp3) is 0.333. The number of rotatable bonds is 1. The molecule has 0 spiro atoms. The predicted octanol–water partition coefficient (Wildman–Crippen LogP) is 1.90. The van der Waals surface area contributed by atoms with Gasteiger partial charge >= 0.3 is 0 Å². The highest BCUT2D eigenvalue weighted by molar-refractivity contribution is 8.14. The zero-order valence-electron chi connectivity index (χ0n) is 7.45. The quantitative estimate of drug-likeness (QED) is 0.740. The zero-order chi connectivity index (χ0) is 9.10. The molecule has 0 aliphatic carbocycles. The van der Waals surface area contributed by atoms with Gasteiger partial charge in [0.15, 0.2) is 5.17 Å². The third kappa shape index (κ3) is 2.01. The van der Waals surface area contributed by atoms with Crippen LogP contribution >= 0.6 is 11.8 Å². The number of hydrogen-bond donors (Lipinski definition) is 1. The van der Waals surface area contributed by atoms with Crippen LogP contribution in [0.15, 0.2) is 23.3 Å². The highest BCUT2D eigenvalue weighted by Gasteiger charge is 2.07. The van der Waals surface area contributed by atoms with Crippen LogP contribution in [0.2, 0.25) is 0 Å². The Kier molecular flexibility index (Phi) is 2.49. The summed E-state index contributed by atoms with van der Waals surface area (Å²) >= 11 is 1.76. The summed E-state index contributed by atoms with van der Waals surface area (Å²) in [6.07, 6.45) is 1.80. The number of aliphatic imine (C=N–C) groups is 1. The Morgan fingerprint density at radius 2 is 2.46 bits per heavy atom. The highest BCUT2D eigenvalue weighted by Crippen LogP contribution is 2.17. The Morgan fingerprint density at radius 3 is 3.15 bits per heavy atom. The Labute approximate surface area is 81.7 Å². The first-order valence-electron chi connectivity index (χ1n) is 4.22. The van der Waals surface area contributed by atoms with Crippen LogP contribution in [0.3, 0.4) is 0 Å². The van der Waals surface area contributed by atoms with Crippen LogP contribution in [-0.4, -0.2) is 22.4 Å². The van der Waals surface area contributed by atoms with Gasteiger partial charge in [-0.15, -0.1) is 0 Å². The predicted molar refractivity (Wildman–Crippen MR) is 57.4 cm³/mol. The van der Waals surface area contributed by atoms with Crippen molar-refractivity contribution in [3.8, 4) is 0 Å². The van der Waals surface area contributed by atoms with Gasteiger partial charge in [0.25, 0.3) is 0 Å². The molecule has 1 N–H and O–H groups in total. The van der Waals surface area contributed by atoms with Crippen LogP contribution in [0.4, 0.5) is 5.69 Å². The van der Waals surface area contributed by atoms with E-state index in [0.29, 0.717) is 0 Å². The van der Waals surface area contributed by atoms with Crippen molar-refractivity contribution in [2.24, 2.45) is 4.99 Å². The molecular formula is C9H11N3S. The van der Waals surface area contributed by atoms with Gasteiger partial charge in [0.2, 0.25) is 0 Å². The summed E-state index contributed by atoms with van der Waals surface area (Å²) in [7, 11) is 0. The van der Waals surface area contributed by atoms with E-state index in [1.165, 1.54) is 0 Å². The van der Waals surface area contributed by atoms with E-state index in [-0.39, 0.29) is 0 Å². The summed E-state index contributed by atoms with van der Waals surface area (Å²) in [4.78, 5) is 8.51. The van der Waals surface area contributed by atoms with Gasteiger partial charge in [0.1, 0.15) is 0 Å². The van der Waals surface area contributed by atoms with E-state index in [9.17, 15) is 0 Å². The lowest BCUT2D eigenvalue weighted by molar-refractivity contribution is 1.17. The van der Waals surface area contributed by atoms with Crippen LogP contribution in [0, 0.1) is 6.92 Å². The first-order valence-corrected chi connectivity index (χ1v) is 5.21. The molecule has 0 bridgehead atoms. The maximum absolute atomic E-state index is 4.31. The van der Waals surface area contributed by atoms with Crippen molar-refractivity contribution < 1.29 is 0 Å². The second-order valence-electron chi connectivity index (χ2n) is 2.80. The summed E-state index contributed by atoms with van der Waals surface area (Å²) < 4.78 is 0. The van der Waals surface area contributed by atoms with Crippen LogP contribution in [0.1, 0.15) is 5.69 Å². The van der Waals surface area contributed by atoms with E-state index in [4.69, 9.17) is 0 Å². The molecule has 0 saturated carbocycles. The van der Waals surface area contributed by atoms with E-state index in [1.807, 2.05) is 19.1 Å². The lowest BCUT2D eigenvalue weighted by Gasteiger charge is -2.06. The summed E-state index contributed by atoms with van der Waals surface area (Å²) in [5.74, 6) is 1.08. The van der Waals surface area contributed by atoms with E-state index in [1.54, 1.807) is 18.0 Å². The minimum atomic E-state index is 0.923. The van der Waals surface area contributed by atoms with Crippen molar-refractivity contribution in [3.63, 3.8) is 0 Å². The smallest absolute Gasteiger partial charge is 0.161 e. The van der Waals surface area contributed by atoms with E-state index in [2.05, 4.69) is 15.3 Å². The van der Waals surface area contributed by atoms with Crippen molar-refractivity contribution >= 4 is 22.6 Å². The molecule has 0 unspecified atom stereocenters. The molecule has 0 aromatic carbocycles. The van der Waals surface area contributed by atoms with E-state index >= 15 is 0 Å². The summed E-state index contributed by atoms with van der Waals surface area (Å²) in [5, 5.41) is 4.27. The number of nitrogens with zero attached hydrogens (tertiary/aromatic N) is 2. The second kappa shape index (κ2) is 3.79. The molecule has 2 heterocycles. The number of thioether (sulfide) groups is 1. The normalized spacial score (nSPS) is 15.6. The van der Waals surface area contributed by atoms with Gasteiger partial charge in [0.05, 0.1) is 17.9 Å². The molecule has 3 nitrogen and oxygen atoms in total. The van der Waals surface area contributed by atoms with Crippen LogP contribution < -0.4 is 5.32 Å². The first kappa shape index (κ1) is 8.56. The third-order valence-electron chi connectivity index (χ3n) is 1.83. The number of anilines is 1. The van der Waals surface area contributed by atoms with E-state index in [0.717, 1.165) is 28.8 Å². The van der Waals surface area contributed by atoms with Gasteiger partial charge in [-0.3, -0.25) is 9.98 Å². The van der Waals surface area contributed by atoms with Gasteiger partial charge < -0.3 is 5.32 Å². The Hall–Kier alpha value is -1.03. The molecular weight excluding hydrogens is 182 g/mol. The Morgan fingerprint density at radius 1 is 1.54 bits per heavy atom. The Balaban J connectivity index is 2.13. The second-order valence-corrected chi connectivity index (χ2v) is 3.88. The largest absolute Gasteiger partial charge is 0.334 e. The molecule has 1 aromatic heterocycles. The average Bonchev–Trinajstić information content (AvgIpc) is 2.61. The lowest BCUT2D eigenvalue weighted by Crippen LogP contribution is -2.06. The van der Waals surface area contributed by atoms with Crippen LogP contribution in [-0.2, 0) is 0 Å². The maximum Gasteiger partial charge on any atom is 0.161 e. The summed E-state index contributed by atoms with van der Waals surface area (Å²) in [6, 6.07) is 3.94. The topological polar surface area (TPSA) is 37.3 Å². The average molecular weight is 193 g/mol. The van der Waals surface area contributed by atoms with Gasteiger partial charge in [-0.1, -0.05) is 11.8 Å². The summed E-state index contributed by atoms with van der Waals surface area (Å²) in [5.41, 5.74) is 2.06. The van der Waals surface area contributed by atoms with Crippen LogP contribution in [0.5, 0.6) is 0 Å². The molecule has 2 rings (SSSR count). The zero-order valence-corrected chi connectivity index (χ0v) is 8.27. The molecule has 0 radical (unpaired) electrons. The number of hydrogen-bond acceptors (Lipinski definition) is 4. The van der Waals surface area contributed by atoms with Crippen LogP contribution in [0.25, 0.3) is 0 Å². The number of aryl methyl sites for hydroxylation is 1. The fourth-order valence-electron chi connectivity index (χ4n) is 1.14. The van der Waals surface area contributed by atoms with Gasteiger partial charge in [0, 0.05) is 11.9 Å². The van der Waals surface area contributed by atoms with Gasteiger partial charge in [-0.2, -0.15) is 0 Å². The molecule has 0 amide bonds. The standard InChI is InChI=1S/C9H11N3S/c1-7-8(3-2-4-10-7)12-9-11-5-6-13-9/h2-4H,5-6H2,1H3,(H,11,12). The Bertz CT molecular complexity index is 335. The monoisotopic (exact) mass is 193 g/mol. The number of nitrogens with one attached hydrogen (secondary N) is 1. The molecule has 0 atom stereocenters. The van der Waals surface area contributed by atoms with Crippen molar-refractivity contribution in [2.75, 3.05) is 17.6 Å². The molecule has 1 aliphatic heterocycles. The van der Waals surface area contributed by atoms with Crippen molar-refractivity contribution in [2.45, 2.75) is 6.92 Å². The highest BCUT2D eigenvalue weighted by atomic mass is 32.2. The SMILES string of the molecule is Cc1ncccc1NC1=NCCS1. The molecule has 0 fully saturated rings. The molecule has 68 valence electrons. The molecule has 13 heavy (non-hydrogen) atoms.